The molecule has 0 aromatic carbocycles. The van der Waals surface area contributed by atoms with Gasteiger partial charge in [0.25, 0.3) is 0 Å². The molecule has 0 bridgehead atoms. The minimum absolute atomic E-state index is 0.348. The summed E-state index contributed by atoms with van der Waals surface area (Å²) in [5, 5.41) is 0. The molecule has 0 unspecified atom stereocenters. The van der Waals surface area contributed by atoms with E-state index in [0.29, 0.717) is 6.54 Å². The minimum atomic E-state index is -0.834. The summed E-state index contributed by atoms with van der Waals surface area (Å²) in [7, 11) is 1.56. The van der Waals surface area contributed by atoms with Gasteiger partial charge in [-0.1, -0.05) is 0 Å². The second kappa shape index (κ2) is 5.62. The van der Waals surface area contributed by atoms with Crippen molar-refractivity contribution in [3.8, 4) is 0 Å². The fourth-order valence-electron chi connectivity index (χ4n) is 1.31. The van der Waals surface area contributed by atoms with Gasteiger partial charge in [-0.25, -0.2) is 4.79 Å². The Kier molecular flexibility index (Phi) is 4.42. The lowest BCUT2D eigenvalue weighted by Crippen LogP contribution is -2.37. The van der Waals surface area contributed by atoms with Gasteiger partial charge in [-0.2, -0.15) is 0 Å². The summed E-state index contributed by atoms with van der Waals surface area (Å²) in [6, 6.07) is 3.58. The van der Waals surface area contributed by atoms with Crippen LogP contribution in [0, 0.1) is 0 Å². The molecule has 18 heavy (non-hydrogen) atoms. The summed E-state index contributed by atoms with van der Waals surface area (Å²) >= 11 is 0. The first-order chi connectivity index (χ1) is 8.29. The highest BCUT2D eigenvalue weighted by atomic mass is 16.6. The number of pyridine rings is 1. The van der Waals surface area contributed by atoms with Gasteiger partial charge in [0.1, 0.15) is 5.60 Å². The Labute approximate surface area is 107 Å². The van der Waals surface area contributed by atoms with E-state index in [-0.39, 0.29) is 0 Å². The van der Waals surface area contributed by atoms with Gasteiger partial charge in [0, 0.05) is 26.0 Å². The van der Waals surface area contributed by atoms with E-state index in [1.165, 1.54) is 4.90 Å². The van der Waals surface area contributed by atoms with Gasteiger partial charge in [-0.3, -0.25) is 9.78 Å². The molecule has 5 heteroatoms. The summed E-state index contributed by atoms with van der Waals surface area (Å²) in [4.78, 5) is 28.5. The van der Waals surface area contributed by atoms with Gasteiger partial charge >= 0.3 is 11.9 Å². The standard InChI is InChI=1S/C13H18N2O3/c1-13(2,3)18-12(17)11(16)15(4)9-10-5-7-14-8-6-10/h5-8H,9H2,1-4H3. The third kappa shape index (κ3) is 4.53. The van der Waals surface area contributed by atoms with E-state index in [1.807, 2.05) is 0 Å². The zero-order valence-corrected chi connectivity index (χ0v) is 11.1. The number of aromatic nitrogens is 1. The maximum absolute atomic E-state index is 11.8. The molecule has 98 valence electrons. The maximum atomic E-state index is 11.8. The maximum Gasteiger partial charge on any atom is 0.397 e. The molecule has 0 aliphatic carbocycles. The third-order valence-corrected chi connectivity index (χ3v) is 2.09. The Bertz CT molecular complexity index is 424. The predicted molar refractivity (Wildman–Crippen MR) is 66.6 cm³/mol. The topological polar surface area (TPSA) is 59.5 Å². The van der Waals surface area contributed by atoms with E-state index < -0.39 is 17.5 Å². The van der Waals surface area contributed by atoms with Crippen LogP contribution in [0.1, 0.15) is 26.3 Å². The van der Waals surface area contributed by atoms with Crippen LogP contribution in [0.4, 0.5) is 0 Å². The average Bonchev–Trinajstić information content (AvgIpc) is 2.27. The Morgan fingerprint density at radius 1 is 1.28 bits per heavy atom. The lowest BCUT2D eigenvalue weighted by Gasteiger charge is -2.22. The molecule has 1 aromatic heterocycles. The monoisotopic (exact) mass is 250 g/mol. The molecule has 0 saturated heterocycles. The van der Waals surface area contributed by atoms with Crippen molar-refractivity contribution in [1.82, 2.24) is 9.88 Å². The van der Waals surface area contributed by atoms with Crippen molar-refractivity contribution >= 4 is 11.9 Å². The number of carbonyl (C=O) groups excluding carboxylic acids is 2. The van der Waals surface area contributed by atoms with Gasteiger partial charge < -0.3 is 9.64 Å². The number of rotatable bonds is 2. The molecule has 0 aliphatic rings. The molecule has 0 fully saturated rings. The fourth-order valence-corrected chi connectivity index (χ4v) is 1.31. The summed E-state index contributed by atoms with van der Waals surface area (Å²) in [5.41, 5.74) is 0.244. The van der Waals surface area contributed by atoms with E-state index >= 15 is 0 Å². The van der Waals surface area contributed by atoms with E-state index in [9.17, 15) is 9.59 Å². The van der Waals surface area contributed by atoms with Crippen molar-refractivity contribution in [2.24, 2.45) is 0 Å². The fraction of sp³-hybridized carbons (Fsp3) is 0.462. The molecule has 0 radical (unpaired) electrons. The zero-order valence-electron chi connectivity index (χ0n) is 11.1. The number of likely N-dealkylation sites (N-methyl/N-ethyl adjacent to an activating group) is 1. The second-order valence-electron chi connectivity index (χ2n) is 5.02. The number of nitrogens with zero attached hydrogens (tertiary/aromatic N) is 2. The Morgan fingerprint density at radius 3 is 2.33 bits per heavy atom. The molecule has 0 spiro atoms. The Morgan fingerprint density at radius 2 is 1.83 bits per heavy atom. The van der Waals surface area contributed by atoms with E-state index in [4.69, 9.17) is 4.74 Å². The molecule has 0 aliphatic heterocycles. The van der Waals surface area contributed by atoms with Crippen molar-refractivity contribution in [2.75, 3.05) is 7.05 Å². The first-order valence-corrected chi connectivity index (χ1v) is 5.67. The van der Waals surface area contributed by atoms with E-state index in [2.05, 4.69) is 4.98 Å². The molecule has 0 N–H and O–H groups in total. The first kappa shape index (κ1) is 14.2. The van der Waals surface area contributed by atoms with Crippen LogP contribution in [0.25, 0.3) is 0 Å². The van der Waals surface area contributed by atoms with Crippen LogP contribution in [0.3, 0.4) is 0 Å². The first-order valence-electron chi connectivity index (χ1n) is 5.67. The van der Waals surface area contributed by atoms with Crippen LogP contribution in [0.5, 0.6) is 0 Å². The van der Waals surface area contributed by atoms with Gasteiger partial charge in [0.2, 0.25) is 0 Å². The van der Waals surface area contributed by atoms with Crippen molar-refractivity contribution in [2.45, 2.75) is 32.9 Å². The highest BCUT2D eigenvalue weighted by Crippen LogP contribution is 2.09. The van der Waals surface area contributed by atoms with Gasteiger partial charge in [-0.15, -0.1) is 0 Å². The van der Waals surface area contributed by atoms with Crippen LogP contribution in [-0.4, -0.2) is 34.4 Å². The number of esters is 1. The zero-order chi connectivity index (χ0) is 13.8. The molecule has 5 nitrogen and oxygen atoms in total. The molecule has 0 saturated carbocycles. The quantitative estimate of drug-likeness (QED) is 0.587. The van der Waals surface area contributed by atoms with Crippen LogP contribution in [0.2, 0.25) is 0 Å². The number of hydrogen-bond acceptors (Lipinski definition) is 4. The van der Waals surface area contributed by atoms with Gasteiger partial charge in [-0.05, 0) is 38.5 Å². The number of carbonyl (C=O) groups is 2. The Hall–Kier alpha value is -1.91. The van der Waals surface area contributed by atoms with Crippen LogP contribution >= 0.6 is 0 Å². The minimum Gasteiger partial charge on any atom is -0.453 e. The molecule has 0 atom stereocenters. The summed E-state index contributed by atoms with van der Waals surface area (Å²) in [6.45, 7) is 5.52. The lowest BCUT2D eigenvalue weighted by molar-refractivity contribution is -0.167. The predicted octanol–water partition coefficient (Wildman–Crippen LogP) is 1.38. The summed E-state index contributed by atoms with van der Waals surface area (Å²) < 4.78 is 5.02. The number of hydrogen-bond donors (Lipinski definition) is 0. The molecular formula is C13H18N2O3. The number of ether oxygens (including phenoxy) is 1. The van der Waals surface area contributed by atoms with Crippen LogP contribution in [0.15, 0.2) is 24.5 Å². The highest BCUT2D eigenvalue weighted by Gasteiger charge is 2.25. The second-order valence-corrected chi connectivity index (χ2v) is 5.02. The smallest absolute Gasteiger partial charge is 0.397 e. The van der Waals surface area contributed by atoms with Crippen LogP contribution < -0.4 is 0 Å². The molecule has 1 aromatic rings. The van der Waals surface area contributed by atoms with Crippen molar-refractivity contribution < 1.29 is 14.3 Å². The highest BCUT2D eigenvalue weighted by molar-refractivity contribution is 6.32. The van der Waals surface area contributed by atoms with Crippen molar-refractivity contribution in [3.05, 3.63) is 30.1 Å². The average molecular weight is 250 g/mol. The summed E-state index contributed by atoms with van der Waals surface area (Å²) in [5.74, 6) is -1.49. The SMILES string of the molecule is CN(Cc1ccncc1)C(=O)C(=O)OC(C)(C)C. The van der Waals surface area contributed by atoms with E-state index in [0.717, 1.165) is 5.56 Å². The van der Waals surface area contributed by atoms with Crippen molar-refractivity contribution in [1.29, 1.82) is 0 Å². The van der Waals surface area contributed by atoms with Crippen LogP contribution in [-0.2, 0) is 20.9 Å². The lowest BCUT2D eigenvalue weighted by atomic mass is 10.2. The molecule has 1 amide bonds. The molecular weight excluding hydrogens is 232 g/mol. The Balaban J connectivity index is 2.59. The summed E-state index contributed by atoms with van der Waals surface area (Å²) in [6.07, 6.45) is 3.28. The normalized spacial score (nSPS) is 10.9. The molecule has 1 rings (SSSR count). The number of amides is 1. The third-order valence-electron chi connectivity index (χ3n) is 2.09. The molecule has 1 heterocycles. The van der Waals surface area contributed by atoms with Gasteiger partial charge in [0.05, 0.1) is 0 Å². The van der Waals surface area contributed by atoms with Crippen molar-refractivity contribution in [3.63, 3.8) is 0 Å². The van der Waals surface area contributed by atoms with E-state index in [1.54, 1.807) is 52.3 Å². The van der Waals surface area contributed by atoms with Gasteiger partial charge in [0.15, 0.2) is 0 Å². The largest absolute Gasteiger partial charge is 0.453 e.